The van der Waals surface area contributed by atoms with Gasteiger partial charge in [-0.05, 0) is 104 Å². The van der Waals surface area contributed by atoms with Crippen LogP contribution in [0.2, 0.25) is 0 Å². The van der Waals surface area contributed by atoms with Crippen LogP contribution in [0.5, 0.6) is 0 Å². The first kappa shape index (κ1) is 33.6. The molecule has 0 fully saturated rings. The lowest BCUT2D eigenvalue weighted by molar-refractivity contribution is 1.30. The molecule has 1 heterocycles. The van der Waals surface area contributed by atoms with Crippen molar-refractivity contribution in [3.63, 3.8) is 0 Å². The average molecular weight is 732 g/mol. The maximum atomic E-state index is 2.44. The van der Waals surface area contributed by atoms with Gasteiger partial charge < -0.3 is 4.90 Å². The van der Waals surface area contributed by atoms with Crippen LogP contribution < -0.4 is 4.90 Å². The summed E-state index contributed by atoms with van der Waals surface area (Å²) < 4.78 is 2.57. The molecule has 0 atom stereocenters. The van der Waals surface area contributed by atoms with Crippen molar-refractivity contribution < 1.29 is 0 Å². The zero-order chi connectivity index (χ0) is 37.3. The Morgan fingerprint density at radius 1 is 0.286 bits per heavy atom. The molecule has 0 amide bonds. The van der Waals surface area contributed by atoms with Gasteiger partial charge in [-0.15, -0.1) is 11.3 Å². The van der Waals surface area contributed by atoms with E-state index in [0.717, 1.165) is 11.4 Å². The minimum atomic E-state index is 1.11. The molecule has 0 aliphatic carbocycles. The monoisotopic (exact) mass is 731 g/mol. The van der Waals surface area contributed by atoms with E-state index in [1.165, 1.54) is 81.5 Å². The Hall–Kier alpha value is -7.00. The van der Waals surface area contributed by atoms with Crippen molar-refractivity contribution in [1.82, 2.24) is 0 Å². The van der Waals surface area contributed by atoms with Crippen molar-refractivity contribution in [1.29, 1.82) is 0 Å². The predicted octanol–water partition coefficient (Wildman–Crippen LogP) is 15.9. The molecular formula is C54H37NS. The summed E-state index contributed by atoms with van der Waals surface area (Å²) in [5.74, 6) is 0. The quantitative estimate of drug-likeness (QED) is 0.150. The highest BCUT2D eigenvalue weighted by atomic mass is 32.1. The maximum absolute atomic E-state index is 2.44. The zero-order valence-corrected chi connectivity index (χ0v) is 31.5. The van der Waals surface area contributed by atoms with E-state index in [4.69, 9.17) is 0 Å². The number of fused-ring (bicyclic) bond motifs is 3. The van der Waals surface area contributed by atoms with Gasteiger partial charge in [-0.2, -0.15) is 0 Å². The molecule has 1 nitrogen and oxygen atoms in total. The van der Waals surface area contributed by atoms with Crippen molar-refractivity contribution in [3.8, 4) is 55.6 Å². The number of hydrogen-bond acceptors (Lipinski definition) is 2. The van der Waals surface area contributed by atoms with E-state index in [1.54, 1.807) is 0 Å². The van der Waals surface area contributed by atoms with Gasteiger partial charge in [-0.3, -0.25) is 0 Å². The predicted molar refractivity (Wildman–Crippen MR) is 241 cm³/mol. The van der Waals surface area contributed by atoms with E-state index in [-0.39, 0.29) is 0 Å². The summed E-state index contributed by atoms with van der Waals surface area (Å²) in [5.41, 5.74) is 15.4. The molecule has 10 rings (SSSR count). The third kappa shape index (κ3) is 6.26. The van der Waals surface area contributed by atoms with Crippen molar-refractivity contribution in [2.45, 2.75) is 0 Å². The molecule has 9 aromatic carbocycles. The SMILES string of the molecule is c1ccc(-c2cccc(-c3ccccc3-c3cccc(N(c4ccc(-c5ccccc5-c5ccccc5)cc4)c4cccc5sc6ccccc6c45)c3)c2)cc1. The zero-order valence-electron chi connectivity index (χ0n) is 30.7. The summed E-state index contributed by atoms with van der Waals surface area (Å²) in [6, 6.07) is 81.3. The lowest BCUT2D eigenvalue weighted by Crippen LogP contribution is -2.10. The van der Waals surface area contributed by atoms with Gasteiger partial charge in [-0.1, -0.05) is 176 Å². The Morgan fingerprint density at radius 3 is 1.46 bits per heavy atom. The van der Waals surface area contributed by atoms with Gasteiger partial charge in [0.15, 0.2) is 0 Å². The Balaban J connectivity index is 1.12. The molecule has 0 saturated carbocycles. The number of rotatable bonds is 8. The van der Waals surface area contributed by atoms with E-state index in [9.17, 15) is 0 Å². The second-order valence-electron chi connectivity index (χ2n) is 14.1. The first-order valence-electron chi connectivity index (χ1n) is 19.1. The Labute approximate surface area is 332 Å². The van der Waals surface area contributed by atoms with Crippen molar-refractivity contribution in [2.75, 3.05) is 4.90 Å². The summed E-state index contributed by atoms with van der Waals surface area (Å²) >= 11 is 1.86. The largest absolute Gasteiger partial charge is 0.310 e. The topological polar surface area (TPSA) is 3.24 Å². The molecular weight excluding hydrogens is 695 g/mol. The Morgan fingerprint density at radius 2 is 0.768 bits per heavy atom. The molecule has 0 aliphatic rings. The molecule has 0 N–H and O–H groups in total. The molecule has 0 radical (unpaired) electrons. The second-order valence-corrected chi connectivity index (χ2v) is 15.2. The van der Waals surface area contributed by atoms with E-state index in [2.05, 4.69) is 229 Å². The molecule has 0 aliphatic heterocycles. The van der Waals surface area contributed by atoms with Crippen LogP contribution in [0, 0.1) is 0 Å². The van der Waals surface area contributed by atoms with Crippen molar-refractivity contribution in [3.05, 3.63) is 224 Å². The second kappa shape index (κ2) is 14.7. The summed E-state index contributed by atoms with van der Waals surface area (Å²) in [6.07, 6.45) is 0. The van der Waals surface area contributed by atoms with Crippen LogP contribution in [0.4, 0.5) is 17.1 Å². The van der Waals surface area contributed by atoms with Gasteiger partial charge in [0.2, 0.25) is 0 Å². The van der Waals surface area contributed by atoms with Gasteiger partial charge in [0.25, 0.3) is 0 Å². The van der Waals surface area contributed by atoms with E-state index in [0.29, 0.717) is 0 Å². The van der Waals surface area contributed by atoms with Crippen molar-refractivity contribution >= 4 is 48.6 Å². The van der Waals surface area contributed by atoms with Crippen LogP contribution in [0.25, 0.3) is 75.8 Å². The summed E-state index contributed by atoms with van der Waals surface area (Å²) in [5, 5.41) is 2.55. The Kier molecular flexibility index (Phi) is 8.79. The molecule has 0 spiro atoms. The fourth-order valence-electron chi connectivity index (χ4n) is 8.06. The highest BCUT2D eigenvalue weighted by molar-refractivity contribution is 7.26. The minimum absolute atomic E-state index is 1.11. The molecule has 1 aromatic heterocycles. The van der Waals surface area contributed by atoms with Gasteiger partial charge >= 0.3 is 0 Å². The molecule has 0 unspecified atom stereocenters. The van der Waals surface area contributed by atoms with Gasteiger partial charge in [0.1, 0.15) is 0 Å². The van der Waals surface area contributed by atoms with Crippen LogP contribution in [-0.4, -0.2) is 0 Å². The molecule has 2 heteroatoms. The summed E-state index contributed by atoms with van der Waals surface area (Å²) in [7, 11) is 0. The van der Waals surface area contributed by atoms with Crippen molar-refractivity contribution in [2.24, 2.45) is 0 Å². The number of hydrogen-bond donors (Lipinski definition) is 0. The van der Waals surface area contributed by atoms with Crippen LogP contribution in [0.1, 0.15) is 0 Å². The highest BCUT2D eigenvalue weighted by Gasteiger charge is 2.20. The average Bonchev–Trinajstić information content (AvgIpc) is 3.67. The standard InChI is InChI=1S/C54H37NS/c1-3-16-38(17-4-1)41-20-13-21-42(36-41)48-26-9-10-27-49(48)43-22-14-23-45(37-43)55(51-29-15-31-53-54(51)50-28-11-12-30-52(50)56-53)44-34-32-40(33-35-44)47-25-8-7-24-46(47)39-18-5-2-6-19-39/h1-37H. The van der Waals surface area contributed by atoms with Gasteiger partial charge in [0, 0.05) is 31.5 Å². The van der Waals surface area contributed by atoms with Crippen LogP contribution in [-0.2, 0) is 0 Å². The minimum Gasteiger partial charge on any atom is -0.310 e. The van der Waals surface area contributed by atoms with Crippen LogP contribution in [0.15, 0.2) is 224 Å². The smallest absolute Gasteiger partial charge is 0.0554 e. The fraction of sp³-hybridized carbons (Fsp3) is 0. The molecule has 0 saturated heterocycles. The summed E-state index contributed by atoms with van der Waals surface area (Å²) in [4.78, 5) is 2.44. The molecule has 10 aromatic rings. The van der Waals surface area contributed by atoms with Gasteiger partial charge in [-0.25, -0.2) is 0 Å². The number of anilines is 3. The Bertz CT molecular complexity index is 2960. The third-order valence-corrected chi connectivity index (χ3v) is 11.8. The van der Waals surface area contributed by atoms with E-state index in [1.807, 2.05) is 11.3 Å². The molecule has 264 valence electrons. The lowest BCUT2D eigenvalue weighted by Gasteiger charge is -2.27. The van der Waals surface area contributed by atoms with E-state index < -0.39 is 0 Å². The fourth-order valence-corrected chi connectivity index (χ4v) is 9.19. The van der Waals surface area contributed by atoms with E-state index >= 15 is 0 Å². The first-order chi connectivity index (χ1) is 27.8. The molecule has 56 heavy (non-hydrogen) atoms. The van der Waals surface area contributed by atoms with Crippen LogP contribution >= 0.6 is 11.3 Å². The molecule has 0 bridgehead atoms. The maximum Gasteiger partial charge on any atom is 0.0554 e. The highest BCUT2D eigenvalue weighted by Crippen LogP contribution is 2.46. The first-order valence-corrected chi connectivity index (χ1v) is 19.9. The van der Waals surface area contributed by atoms with Gasteiger partial charge in [0.05, 0.1) is 5.69 Å². The third-order valence-electron chi connectivity index (χ3n) is 10.7. The summed E-state index contributed by atoms with van der Waals surface area (Å²) in [6.45, 7) is 0. The number of benzene rings is 9. The number of nitrogens with zero attached hydrogens (tertiary/aromatic N) is 1. The van der Waals surface area contributed by atoms with Crippen LogP contribution in [0.3, 0.4) is 0 Å². The number of thiophene rings is 1. The normalized spacial score (nSPS) is 11.2. The lowest BCUT2D eigenvalue weighted by atomic mass is 9.92.